The second-order valence-electron chi connectivity index (χ2n) is 7.08. The standard InChI is InChI=1S/C17H33N3O/c1-4-18-16(19-10-5-11-21-12-14(2)3)20-13-17(8-9-17)15-6-7-15/h14-15H,4-13H2,1-3H3,(H2,18,19,20). The Hall–Kier alpha value is -0.770. The van der Waals surface area contributed by atoms with Gasteiger partial charge in [-0.05, 0) is 56.3 Å². The van der Waals surface area contributed by atoms with Crippen molar-refractivity contribution in [2.24, 2.45) is 22.2 Å². The van der Waals surface area contributed by atoms with E-state index in [1.807, 2.05) is 0 Å². The quantitative estimate of drug-likeness (QED) is 0.370. The van der Waals surface area contributed by atoms with Gasteiger partial charge in [0, 0.05) is 32.8 Å². The molecule has 2 aliphatic rings. The lowest BCUT2D eigenvalue weighted by molar-refractivity contribution is 0.108. The van der Waals surface area contributed by atoms with Gasteiger partial charge in [0.15, 0.2) is 5.96 Å². The summed E-state index contributed by atoms with van der Waals surface area (Å²) in [5.74, 6) is 2.58. The number of hydrogen-bond donors (Lipinski definition) is 2. The Morgan fingerprint density at radius 2 is 2.05 bits per heavy atom. The maximum atomic E-state index is 5.60. The number of ether oxygens (including phenoxy) is 1. The minimum Gasteiger partial charge on any atom is -0.381 e. The average Bonchev–Trinajstić information content (AvgIpc) is 3.31. The third-order valence-corrected chi connectivity index (χ3v) is 4.44. The van der Waals surface area contributed by atoms with E-state index in [-0.39, 0.29) is 0 Å². The molecule has 4 nitrogen and oxygen atoms in total. The highest BCUT2D eigenvalue weighted by molar-refractivity contribution is 5.79. The highest BCUT2D eigenvalue weighted by atomic mass is 16.5. The molecule has 2 N–H and O–H groups in total. The highest BCUT2D eigenvalue weighted by Gasteiger charge is 2.53. The molecule has 2 fully saturated rings. The molecule has 0 unspecified atom stereocenters. The third kappa shape index (κ3) is 5.85. The SMILES string of the molecule is CCNC(=NCC1(C2CC2)CC1)NCCCOCC(C)C. The van der Waals surface area contributed by atoms with E-state index in [1.165, 1.54) is 25.7 Å². The molecular weight excluding hydrogens is 262 g/mol. The van der Waals surface area contributed by atoms with Crippen LogP contribution in [0.3, 0.4) is 0 Å². The van der Waals surface area contributed by atoms with Crippen molar-refractivity contribution in [2.75, 3.05) is 32.8 Å². The van der Waals surface area contributed by atoms with Gasteiger partial charge in [0.2, 0.25) is 0 Å². The van der Waals surface area contributed by atoms with Crippen molar-refractivity contribution >= 4 is 5.96 Å². The van der Waals surface area contributed by atoms with Crippen LogP contribution < -0.4 is 10.6 Å². The molecule has 21 heavy (non-hydrogen) atoms. The zero-order valence-corrected chi connectivity index (χ0v) is 14.1. The molecule has 0 spiro atoms. The van der Waals surface area contributed by atoms with Crippen molar-refractivity contribution < 1.29 is 4.74 Å². The van der Waals surface area contributed by atoms with E-state index in [4.69, 9.17) is 9.73 Å². The van der Waals surface area contributed by atoms with Gasteiger partial charge in [-0.25, -0.2) is 0 Å². The van der Waals surface area contributed by atoms with Crippen LogP contribution in [0, 0.1) is 17.3 Å². The van der Waals surface area contributed by atoms with E-state index in [0.29, 0.717) is 11.3 Å². The molecule has 0 aromatic heterocycles. The summed E-state index contributed by atoms with van der Waals surface area (Å²) >= 11 is 0. The van der Waals surface area contributed by atoms with Gasteiger partial charge in [-0.2, -0.15) is 0 Å². The predicted molar refractivity (Wildman–Crippen MR) is 88.6 cm³/mol. The lowest BCUT2D eigenvalue weighted by atomic mass is 10.0. The van der Waals surface area contributed by atoms with Gasteiger partial charge < -0.3 is 15.4 Å². The summed E-state index contributed by atoms with van der Waals surface area (Å²) in [6.45, 7) is 11.0. The van der Waals surface area contributed by atoms with Gasteiger partial charge in [-0.3, -0.25) is 4.99 Å². The maximum absolute atomic E-state index is 5.60. The number of rotatable bonds is 10. The summed E-state index contributed by atoms with van der Waals surface area (Å²) in [6, 6.07) is 0. The Balaban J connectivity index is 1.62. The van der Waals surface area contributed by atoms with Crippen LogP contribution in [0.5, 0.6) is 0 Å². The first-order valence-corrected chi connectivity index (χ1v) is 8.76. The molecule has 122 valence electrons. The molecule has 2 rings (SSSR count). The molecule has 0 amide bonds. The van der Waals surface area contributed by atoms with Crippen molar-refractivity contribution in [1.82, 2.24) is 10.6 Å². The van der Waals surface area contributed by atoms with Gasteiger partial charge in [0.05, 0.1) is 0 Å². The summed E-state index contributed by atoms with van der Waals surface area (Å²) in [4.78, 5) is 4.81. The third-order valence-electron chi connectivity index (χ3n) is 4.44. The zero-order chi connectivity index (χ0) is 15.1. The lowest BCUT2D eigenvalue weighted by Crippen LogP contribution is -2.38. The smallest absolute Gasteiger partial charge is 0.191 e. The van der Waals surface area contributed by atoms with Crippen LogP contribution in [-0.4, -0.2) is 38.8 Å². The molecule has 0 aromatic carbocycles. The van der Waals surface area contributed by atoms with Gasteiger partial charge in [-0.15, -0.1) is 0 Å². The van der Waals surface area contributed by atoms with E-state index >= 15 is 0 Å². The molecule has 2 saturated carbocycles. The number of aliphatic imine (C=N–C) groups is 1. The van der Waals surface area contributed by atoms with E-state index in [1.54, 1.807) is 0 Å². The molecule has 0 heterocycles. The highest BCUT2D eigenvalue weighted by Crippen LogP contribution is 2.61. The number of hydrogen-bond acceptors (Lipinski definition) is 2. The Bertz CT molecular complexity index is 333. The first kappa shape index (κ1) is 16.6. The van der Waals surface area contributed by atoms with E-state index in [9.17, 15) is 0 Å². The fourth-order valence-corrected chi connectivity index (χ4v) is 2.83. The number of nitrogens with one attached hydrogen (secondary N) is 2. The number of nitrogens with zero attached hydrogens (tertiary/aromatic N) is 1. The van der Waals surface area contributed by atoms with Crippen LogP contribution in [0.25, 0.3) is 0 Å². The monoisotopic (exact) mass is 295 g/mol. The molecule has 0 bridgehead atoms. The average molecular weight is 295 g/mol. The van der Waals surface area contributed by atoms with Gasteiger partial charge in [0.1, 0.15) is 0 Å². The van der Waals surface area contributed by atoms with Crippen LogP contribution in [0.4, 0.5) is 0 Å². The van der Waals surface area contributed by atoms with Crippen molar-refractivity contribution in [1.29, 1.82) is 0 Å². The Morgan fingerprint density at radius 1 is 1.29 bits per heavy atom. The van der Waals surface area contributed by atoms with Crippen LogP contribution in [0.15, 0.2) is 4.99 Å². The molecule has 0 saturated heterocycles. The molecular formula is C17H33N3O. The minimum absolute atomic E-state index is 0.586. The zero-order valence-electron chi connectivity index (χ0n) is 14.1. The van der Waals surface area contributed by atoms with Crippen molar-refractivity contribution in [3.05, 3.63) is 0 Å². The molecule has 0 atom stereocenters. The van der Waals surface area contributed by atoms with Crippen molar-refractivity contribution in [2.45, 2.75) is 52.9 Å². The fraction of sp³-hybridized carbons (Fsp3) is 0.941. The Labute approximate surface area is 130 Å². The number of guanidine groups is 1. The summed E-state index contributed by atoms with van der Waals surface area (Å²) < 4.78 is 5.60. The summed E-state index contributed by atoms with van der Waals surface area (Å²) in [6.07, 6.45) is 6.69. The molecule has 2 aliphatic carbocycles. The second kappa shape index (κ2) is 8.02. The largest absolute Gasteiger partial charge is 0.381 e. The first-order valence-electron chi connectivity index (χ1n) is 8.76. The first-order chi connectivity index (χ1) is 10.2. The predicted octanol–water partition coefficient (Wildman–Crippen LogP) is 2.79. The van der Waals surface area contributed by atoms with E-state index in [0.717, 1.165) is 51.1 Å². The fourth-order valence-electron chi connectivity index (χ4n) is 2.83. The summed E-state index contributed by atoms with van der Waals surface area (Å²) in [5, 5.41) is 6.78. The van der Waals surface area contributed by atoms with Crippen LogP contribution >= 0.6 is 0 Å². The van der Waals surface area contributed by atoms with Crippen LogP contribution in [0.1, 0.15) is 52.9 Å². The van der Waals surface area contributed by atoms with Crippen molar-refractivity contribution in [3.8, 4) is 0 Å². The van der Waals surface area contributed by atoms with Crippen LogP contribution in [-0.2, 0) is 4.74 Å². The molecule has 0 aliphatic heterocycles. The van der Waals surface area contributed by atoms with Gasteiger partial charge in [-0.1, -0.05) is 13.8 Å². The summed E-state index contributed by atoms with van der Waals surface area (Å²) in [5.41, 5.74) is 0.586. The molecule has 0 aromatic rings. The second-order valence-corrected chi connectivity index (χ2v) is 7.08. The molecule has 4 heteroatoms. The normalized spacial score (nSPS) is 20.7. The van der Waals surface area contributed by atoms with Gasteiger partial charge >= 0.3 is 0 Å². The topological polar surface area (TPSA) is 45.7 Å². The van der Waals surface area contributed by atoms with Crippen LogP contribution in [0.2, 0.25) is 0 Å². The maximum Gasteiger partial charge on any atom is 0.191 e. The lowest BCUT2D eigenvalue weighted by Gasteiger charge is -2.15. The van der Waals surface area contributed by atoms with E-state index in [2.05, 4.69) is 31.4 Å². The van der Waals surface area contributed by atoms with Gasteiger partial charge in [0.25, 0.3) is 0 Å². The molecule has 0 radical (unpaired) electrons. The Kier molecular flexibility index (Phi) is 6.34. The van der Waals surface area contributed by atoms with Crippen molar-refractivity contribution in [3.63, 3.8) is 0 Å². The summed E-state index contributed by atoms with van der Waals surface area (Å²) in [7, 11) is 0. The minimum atomic E-state index is 0.586. The Morgan fingerprint density at radius 3 is 2.62 bits per heavy atom. The van der Waals surface area contributed by atoms with E-state index < -0.39 is 0 Å².